The highest BCUT2D eigenvalue weighted by Gasteiger charge is 2.40. The van der Waals surface area contributed by atoms with E-state index in [9.17, 15) is 4.79 Å². The van der Waals surface area contributed by atoms with Crippen LogP contribution in [-0.4, -0.2) is 15.7 Å². The maximum Gasteiger partial charge on any atom is 0.225 e. The van der Waals surface area contributed by atoms with Gasteiger partial charge in [-0.1, -0.05) is 6.42 Å². The third-order valence-corrected chi connectivity index (χ3v) is 4.31. The van der Waals surface area contributed by atoms with E-state index in [0.29, 0.717) is 18.2 Å². The maximum atomic E-state index is 11.9. The van der Waals surface area contributed by atoms with Crippen molar-refractivity contribution in [2.24, 2.45) is 24.8 Å². The summed E-state index contributed by atoms with van der Waals surface area (Å²) in [4.78, 5) is 11.9. The number of nitrogens with one attached hydrogen (secondary N) is 1. The van der Waals surface area contributed by atoms with Gasteiger partial charge in [0.05, 0.1) is 0 Å². The van der Waals surface area contributed by atoms with E-state index < -0.39 is 0 Å². The molecule has 3 rings (SSSR count). The minimum absolute atomic E-state index is 0.126. The van der Waals surface area contributed by atoms with Crippen LogP contribution >= 0.6 is 0 Å². The summed E-state index contributed by atoms with van der Waals surface area (Å²) in [5.41, 5.74) is 0. The van der Waals surface area contributed by atoms with Gasteiger partial charge in [-0.15, -0.1) is 0 Å². The Bertz CT molecular complexity index is 426. The standard InChI is InChI=1S/C13H19N3O/c1-16-5-4-12(15-16)14-13(17)8-11-7-9-2-3-10(11)6-9/h4-5,9-11H,2-3,6-8H2,1H3,(H,14,15,17). The second-order valence-electron chi connectivity index (χ2n) is 5.56. The molecule has 2 aliphatic rings. The molecule has 0 aromatic carbocycles. The van der Waals surface area contributed by atoms with Crippen LogP contribution < -0.4 is 5.32 Å². The van der Waals surface area contributed by atoms with Gasteiger partial charge in [-0.05, 0) is 37.0 Å². The molecule has 1 N–H and O–H groups in total. The van der Waals surface area contributed by atoms with E-state index in [1.165, 1.54) is 25.7 Å². The molecule has 92 valence electrons. The molecule has 1 heterocycles. The molecule has 0 spiro atoms. The first-order valence-corrected chi connectivity index (χ1v) is 6.50. The van der Waals surface area contributed by atoms with Gasteiger partial charge >= 0.3 is 0 Å². The van der Waals surface area contributed by atoms with E-state index in [2.05, 4.69) is 10.4 Å². The van der Waals surface area contributed by atoms with Gasteiger partial charge in [0.2, 0.25) is 5.91 Å². The van der Waals surface area contributed by atoms with Gasteiger partial charge in [0.15, 0.2) is 5.82 Å². The number of aromatic nitrogens is 2. The van der Waals surface area contributed by atoms with Gasteiger partial charge in [0.1, 0.15) is 0 Å². The van der Waals surface area contributed by atoms with Crippen molar-refractivity contribution in [3.8, 4) is 0 Å². The molecule has 3 unspecified atom stereocenters. The van der Waals surface area contributed by atoms with Crippen LogP contribution in [0.1, 0.15) is 32.1 Å². The van der Waals surface area contributed by atoms with Crippen LogP contribution in [0, 0.1) is 17.8 Å². The fourth-order valence-electron chi connectivity index (χ4n) is 3.54. The number of hydrogen-bond donors (Lipinski definition) is 1. The number of carbonyl (C=O) groups excluding carboxylic acids is 1. The lowest BCUT2D eigenvalue weighted by molar-refractivity contribution is -0.117. The summed E-state index contributed by atoms with van der Waals surface area (Å²) in [6.07, 6.45) is 7.88. The number of rotatable bonds is 3. The summed E-state index contributed by atoms with van der Waals surface area (Å²) in [6, 6.07) is 1.83. The van der Waals surface area contributed by atoms with Gasteiger partial charge in [-0.3, -0.25) is 9.48 Å². The average Bonchev–Trinajstić information content (AvgIpc) is 2.95. The smallest absolute Gasteiger partial charge is 0.225 e. The SMILES string of the molecule is Cn1ccc(NC(=O)CC2CC3CCC2C3)n1. The number of anilines is 1. The lowest BCUT2D eigenvalue weighted by Gasteiger charge is -2.20. The molecule has 1 aromatic heterocycles. The van der Waals surface area contributed by atoms with Crippen LogP contribution in [0.4, 0.5) is 5.82 Å². The monoisotopic (exact) mass is 233 g/mol. The molecule has 2 aliphatic carbocycles. The van der Waals surface area contributed by atoms with Crippen LogP contribution in [0.25, 0.3) is 0 Å². The van der Waals surface area contributed by atoms with Crippen LogP contribution in [0.5, 0.6) is 0 Å². The van der Waals surface area contributed by atoms with Crippen molar-refractivity contribution in [3.05, 3.63) is 12.3 Å². The highest BCUT2D eigenvalue weighted by Crippen LogP contribution is 2.49. The zero-order valence-electron chi connectivity index (χ0n) is 10.2. The Morgan fingerprint density at radius 3 is 3.00 bits per heavy atom. The van der Waals surface area contributed by atoms with Gasteiger partial charge in [0, 0.05) is 25.7 Å². The van der Waals surface area contributed by atoms with Crippen LogP contribution in [0.2, 0.25) is 0 Å². The Labute approximate surface area is 101 Å². The van der Waals surface area contributed by atoms with E-state index in [0.717, 1.165) is 11.8 Å². The molecule has 2 bridgehead atoms. The Balaban J connectivity index is 1.54. The quantitative estimate of drug-likeness (QED) is 0.869. The van der Waals surface area contributed by atoms with Gasteiger partial charge in [-0.25, -0.2) is 0 Å². The number of fused-ring (bicyclic) bond motifs is 2. The number of carbonyl (C=O) groups is 1. The van der Waals surface area contributed by atoms with Crippen LogP contribution in [-0.2, 0) is 11.8 Å². The fourth-order valence-corrected chi connectivity index (χ4v) is 3.54. The highest BCUT2D eigenvalue weighted by molar-refractivity contribution is 5.89. The van der Waals surface area contributed by atoms with Crippen LogP contribution in [0.15, 0.2) is 12.3 Å². The molecule has 4 heteroatoms. The Kier molecular flexibility index (Phi) is 2.65. The zero-order valence-corrected chi connectivity index (χ0v) is 10.2. The minimum atomic E-state index is 0.126. The van der Waals surface area contributed by atoms with Crippen LogP contribution in [0.3, 0.4) is 0 Å². The molecule has 1 aromatic rings. The molecule has 17 heavy (non-hydrogen) atoms. The summed E-state index contributed by atoms with van der Waals surface area (Å²) in [7, 11) is 1.85. The van der Waals surface area contributed by atoms with Crippen molar-refractivity contribution >= 4 is 11.7 Å². The van der Waals surface area contributed by atoms with E-state index in [-0.39, 0.29) is 5.91 Å². The van der Waals surface area contributed by atoms with Crippen molar-refractivity contribution in [2.75, 3.05) is 5.32 Å². The summed E-state index contributed by atoms with van der Waals surface area (Å²) >= 11 is 0. The third-order valence-electron chi connectivity index (χ3n) is 4.31. The predicted molar refractivity (Wildman–Crippen MR) is 65.4 cm³/mol. The summed E-state index contributed by atoms with van der Waals surface area (Å²) in [5.74, 6) is 3.14. The Morgan fingerprint density at radius 1 is 1.53 bits per heavy atom. The van der Waals surface area contributed by atoms with Crippen molar-refractivity contribution in [2.45, 2.75) is 32.1 Å². The number of amides is 1. The number of hydrogen-bond acceptors (Lipinski definition) is 2. The predicted octanol–water partition coefficient (Wildman–Crippen LogP) is 2.18. The lowest BCUT2D eigenvalue weighted by Crippen LogP contribution is -2.20. The molecule has 3 atom stereocenters. The van der Waals surface area contributed by atoms with E-state index in [4.69, 9.17) is 0 Å². The van der Waals surface area contributed by atoms with Gasteiger partial charge < -0.3 is 5.32 Å². The number of aryl methyl sites for hydroxylation is 1. The second-order valence-corrected chi connectivity index (χ2v) is 5.56. The normalized spacial score (nSPS) is 30.8. The van der Waals surface area contributed by atoms with E-state index in [1.54, 1.807) is 4.68 Å². The first-order chi connectivity index (χ1) is 8.20. The minimum Gasteiger partial charge on any atom is -0.309 e. The molecular formula is C13H19N3O. The maximum absolute atomic E-state index is 11.9. The lowest BCUT2D eigenvalue weighted by atomic mass is 9.86. The molecule has 2 saturated carbocycles. The highest BCUT2D eigenvalue weighted by atomic mass is 16.1. The molecule has 0 saturated heterocycles. The fraction of sp³-hybridized carbons (Fsp3) is 0.692. The van der Waals surface area contributed by atoms with Gasteiger partial charge in [0.25, 0.3) is 0 Å². The topological polar surface area (TPSA) is 46.9 Å². The number of nitrogens with zero attached hydrogens (tertiary/aromatic N) is 2. The van der Waals surface area contributed by atoms with Crippen molar-refractivity contribution in [1.29, 1.82) is 0 Å². The molecular weight excluding hydrogens is 214 g/mol. The van der Waals surface area contributed by atoms with Gasteiger partial charge in [-0.2, -0.15) is 5.10 Å². The van der Waals surface area contributed by atoms with Crippen molar-refractivity contribution in [1.82, 2.24) is 9.78 Å². The largest absolute Gasteiger partial charge is 0.309 e. The van der Waals surface area contributed by atoms with Crippen molar-refractivity contribution in [3.63, 3.8) is 0 Å². The third kappa shape index (κ3) is 2.21. The molecule has 2 fully saturated rings. The molecule has 0 aliphatic heterocycles. The zero-order chi connectivity index (χ0) is 11.8. The van der Waals surface area contributed by atoms with Crippen molar-refractivity contribution < 1.29 is 4.79 Å². The second kappa shape index (κ2) is 4.17. The summed E-state index contributed by atoms with van der Waals surface area (Å²) in [6.45, 7) is 0. The summed E-state index contributed by atoms with van der Waals surface area (Å²) in [5, 5.41) is 7.04. The Morgan fingerprint density at radius 2 is 2.41 bits per heavy atom. The van der Waals surface area contributed by atoms with E-state index >= 15 is 0 Å². The first-order valence-electron chi connectivity index (χ1n) is 6.50. The Hall–Kier alpha value is -1.32. The molecule has 0 radical (unpaired) electrons. The average molecular weight is 233 g/mol. The van der Waals surface area contributed by atoms with E-state index in [1.807, 2.05) is 19.3 Å². The molecule has 1 amide bonds. The summed E-state index contributed by atoms with van der Waals surface area (Å²) < 4.78 is 1.70. The first kappa shape index (κ1) is 10.8. The molecule has 4 nitrogen and oxygen atoms in total.